The first-order valence-corrected chi connectivity index (χ1v) is 9.35. The fourth-order valence-corrected chi connectivity index (χ4v) is 3.63. The molecular formula is C19H22BrClN2O2. The van der Waals surface area contributed by atoms with E-state index in [2.05, 4.69) is 56.6 Å². The van der Waals surface area contributed by atoms with Crippen LogP contribution in [0, 0.1) is 0 Å². The fourth-order valence-electron chi connectivity index (χ4n) is 3.25. The van der Waals surface area contributed by atoms with E-state index in [-0.39, 0.29) is 18.5 Å². The largest absolute Gasteiger partial charge is 0.490 e. The van der Waals surface area contributed by atoms with Gasteiger partial charge in [0.25, 0.3) is 0 Å². The fraction of sp³-hybridized carbons (Fsp3) is 0.421. The van der Waals surface area contributed by atoms with Gasteiger partial charge in [0.15, 0.2) is 0 Å². The van der Waals surface area contributed by atoms with Crippen LogP contribution in [0.1, 0.15) is 24.8 Å². The molecule has 0 saturated carbocycles. The molecule has 4 nitrogen and oxygen atoms in total. The number of halogens is 2. The van der Waals surface area contributed by atoms with Gasteiger partial charge in [-0.25, -0.2) is 0 Å². The van der Waals surface area contributed by atoms with E-state index in [1.807, 2.05) is 0 Å². The molecule has 0 amide bonds. The van der Waals surface area contributed by atoms with Gasteiger partial charge in [0.1, 0.15) is 18.2 Å². The van der Waals surface area contributed by atoms with Gasteiger partial charge in [-0.15, -0.1) is 12.4 Å². The van der Waals surface area contributed by atoms with Crippen molar-refractivity contribution in [2.45, 2.75) is 25.4 Å². The molecule has 2 aromatic rings. The number of hydrogen-bond donors (Lipinski definition) is 1. The molecule has 2 aliphatic rings. The highest BCUT2D eigenvalue weighted by atomic mass is 79.9. The highest BCUT2D eigenvalue weighted by molar-refractivity contribution is 9.10. The maximum Gasteiger partial charge on any atom is 0.132 e. The zero-order chi connectivity index (χ0) is 16.4. The zero-order valence-electron chi connectivity index (χ0n) is 14.0. The molecule has 1 N–H and O–H groups in total. The molecule has 25 heavy (non-hydrogen) atoms. The zero-order valence-corrected chi connectivity index (χ0v) is 16.4. The Morgan fingerprint density at radius 1 is 1.20 bits per heavy atom. The van der Waals surface area contributed by atoms with Crippen LogP contribution in [0.4, 0.5) is 0 Å². The SMILES string of the molecule is Brc1ccc2cc(OCC3CCCCO3)c(C3=NCCN3)cc2c1.Cl. The van der Waals surface area contributed by atoms with Gasteiger partial charge in [-0.2, -0.15) is 0 Å². The first-order chi connectivity index (χ1) is 11.8. The van der Waals surface area contributed by atoms with E-state index in [0.29, 0.717) is 6.61 Å². The summed E-state index contributed by atoms with van der Waals surface area (Å²) in [5.41, 5.74) is 1.04. The van der Waals surface area contributed by atoms with Crippen LogP contribution in [0.25, 0.3) is 10.8 Å². The van der Waals surface area contributed by atoms with Crippen LogP contribution in [-0.2, 0) is 4.74 Å². The minimum atomic E-state index is 0. The second-order valence-electron chi connectivity index (χ2n) is 6.30. The number of amidine groups is 1. The minimum Gasteiger partial charge on any atom is -0.490 e. The van der Waals surface area contributed by atoms with Crippen molar-refractivity contribution in [2.24, 2.45) is 4.99 Å². The summed E-state index contributed by atoms with van der Waals surface area (Å²) in [6, 6.07) is 10.6. The van der Waals surface area contributed by atoms with E-state index in [4.69, 9.17) is 9.47 Å². The Balaban J connectivity index is 0.00000182. The van der Waals surface area contributed by atoms with Crippen LogP contribution >= 0.6 is 28.3 Å². The Morgan fingerprint density at radius 3 is 2.88 bits per heavy atom. The lowest BCUT2D eigenvalue weighted by Crippen LogP contribution is -2.27. The molecule has 2 aromatic carbocycles. The summed E-state index contributed by atoms with van der Waals surface area (Å²) in [7, 11) is 0. The molecule has 4 rings (SSSR count). The van der Waals surface area contributed by atoms with Gasteiger partial charge in [0.2, 0.25) is 0 Å². The summed E-state index contributed by atoms with van der Waals surface area (Å²) in [5, 5.41) is 5.70. The molecule has 0 radical (unpaired) electrons. The summed E-state index contributed by atoms with van der Waals surface area (Å²) < 4.78 is 13.0. The summed E-state index contributed by atoms with van der Waals surface area (Å²) >= 11 is 3.55. The van der Waals surface area contributed by atoms with Crippen molar-refractivity contribution < 1.29 is 9.47 Å². The third-order valence-corrected chi connectivity index (χ3v) is 5.02. The number of nitrogens with one attached hydrogen (secondary N) is 1. The lowest BCUT2D eigenvalue weighted by molar-refractivity contribution is -0.0110. The third-order valence-electron chi connectivity index (χ3n) is 4.53. The Labute approximate surface area is 162 Å². The summed E-state index contributed by atoms with van der Waals surface area (Å²) in [4.78, 5) is 4.57. The number of ether oxygens (including phenoxy) is 2. The molecule has 2 heterocycles. The van der Waals surface area contributed by atoms with Crippen LogP contribution in [0.2, 0.25) is 0 Å². The minimum absolute atomic E-state index is 0. The topological polar surface area (TPSA) is 42.9 Å². The average Bonchev–Trinajstić information content (AvgIpc) is 3.14. The Hall–Kier alpha value is -1.30. The van der Waals surface area contributed by atoms with Crippen LogP contribution in [0.15, 0.2) is 39.8 Å². The second kappa shape index (κ2) is 8.39. The number of hydrogen-bond acceptors (Lipinski definition) is 4. The predicted molar refractivity (Wildman–Crippen MR) is 107 cm³/mol. The number of rotatable bonds is 4. The van der Waals surface area contributed by atoms with Crippen molar-refractivity contribution in [2.75, 3.05) is 26.3 Å². The molecule has 134 valence electrons. The van der Waals surface area contributed by atoms with E-state index < -0.39 is 0 Å². The number of aliphatic imine (C=N–C) groups is 1. The van der Waals surface area contributed by atoms with E-state index in [9.17, 15) is 0 Å². The summed E-state index contributed by atoms with van der Waals surface area (Å²) in [6.45, 7) is 3.15. The molecule has 1 saturated heterocycles. The monoisotopic (exact) mass is 424 g/mol. The molecular weight excluding hydrogens is 404 g/mol. The van der Waals surface area contributed by atoms with Crippen molar-refractivity contribution in [3.63, 3.8) is 0 Å². The van der Waals surface area contributed by atoms with Gasteiger partial charge in [0.05, 0.1) is 18.2 Å². The number of fused-ring (bicyclic) bond motifs is 1. The van der Waals surface area contributed by atoms with Crippen molar-refractivity contribution in [1.29, 1.82) is 0 Å². The number of nitrogens with zero attached hydrogens (tertiary/aromatic N) is 1. The van der Waals surface area contributed by atoms with E-state index >= 15 is 0 Å². The van der Waals surface area contributed by atoms with E-state index in [0.717, 1.165) is 54.2 Å². The van der Waals surface area contributed by atoms with Gasteiger partial charge in [0, 0.05) is 17.6 Å². The molecule has 0 spiro atoms. The molecule has 0 aromatic heterocycles. The van der Waals surface area contributed by atoms with Crippen LogP contribution in [-0.4, -0.2) is 38.2 Å². The molecule has 1 unspecified atom stereocenters. The number of benzene rings is 2. The van der Waals surface area contributed by atoms with Crippen molar-refractivity contribution >= 4 is 44.9 Å². The van der Waals surface area contributed by atoms with E-state index in [1.54, 1.807) is 0 Å². The first kappa shape index (κ1) is 18.5. The third kappa shape index (κ3) is 4.27. The van der Waals surface area contributed by atoms with Crippen molar-refractivity contribution in [1.82, 2.24) is 5.32 Å². The van der Waals surface area contributed by atoms with Crippen LogP contribution in [0.5, 0.6) is 5.75 Å². The lowest BCUT2D eigenvalue weighted by Gasteiger charge is -2.23. The smallest absolute Gasteiger partial charge is 0.132 e. The molecule has 6 heteroatoms. The standard InChI is InChI=1S/C19H21BrN2O2.ClH/c20-15-5-4-13-11-18(24-12-16-3-1-2-8-23-16)17(10-14(13)9-15)19-21-6-7-22-19;/h4-5,9-11,16H,1-3,6-8,12H2,(H,21,22);1H. The van der Waals surface area contributed by atoms with Gasteiger partial charge in [-0.3, -0.25) is 4.99 Å². The molecule has 1 atom stereocenters. The predicted octanol–water partition coefficient (Wildman–Crippen LogP) is 4.32. The first-order valence-electron chi connectivity index (χ1n) is 8.56. The second-order valence-corrected chi connectivity index (χ2v) is 7.21. The highest BCUT2D eigenvalue weighted by Gasteiger charge is 2.18. The quantitative estimate of drug-likeness (QED) is 0.793. The maximum atomic E-state index is 6.17. The van der Waals surface area contributed by atoms with Gasteiger partial charge < -0.3 is 14.8 Å². The van der Waals surface area contributed by atoms with Crippen molar-refractivity contribution in [3.05, 3.63) is 40.4 Å². The molecule has 0 bridgehead atoms. The normalized spacial score (nSPS) is 19.9. The van der Waals surface area contributed by atoms with E-state index in [1.165, 1.54) is 17.2 Å². The average molecular weight is 426 g/mol. The molecule has 2 aliphatic heterocycles. The van der Waals surface area contributed by atoms with Gasteiger partial charge in [-0.1, -0.05) is 22.0 Å². The summed E-state index contributed by atoms with van der Waals surface area (Å²) in [5.74, 6) is 1.81. The maximum absolute atomic E-state index is 6.17. The Kier molecular flexibility index (Phi) is 6.20. The Bertz CT molecular complexity index is 775. The lowest BCUT2D eigenvalue weighted by atomic mass is 10.0. The summed E-state index contributed by atoms with van der Waals surface area (Å²) in [6.07, 6.45) is 3.66. The van der Waals surface area contributed by atoms with Crippen molar-refractivity contribution in [3.8, 4) is 5.75 Å². The highest BCUT2D eigenvalue weighted by Crippen LogP contribution is 2.29. The van der Waals surface area contributed by atoms with Gasteiger partial charge >= 0.3 is 0 Å². The molecule has 1 fully saturated rings. The van der Waals surface area contributed by atoms with Crippen LogP contribution < -0.4 is 10.1 Å². The van der Waals surface area contributed by atoms with Gasteiger partial charge in [-0.05, 0) is 54.3 Å². The Morgan fingerprint density at radius 2 is 2.12 bits per heavy atom. The van der Waals surface area contributed by atoms with Crippen LogP contribution in [0.3, 0.4) is 0 Å². The molecule has 0 aliphatic carbocycles.